The van der Waals surface area contributed by atoms with Crippen LogP contribution in [0.25, 0.3) is 22.0 Å². The summed E-state index contributed by atoms with van der Waals surface area (Å²) in [6.45, 7) is 3.43. The summed E-state index contributed by atoms with van der Waals surface area (Å²) in [5.74, 6) is 1.24. The second-order valence-electron chi connectivity index (χ2n) is 10.1. The molecule has 0 bridgehead atoms. The van der Waals surface area contributed by atoms with E-state index in [4.69, 9.17) is 4.98 Å². The van der Waals surface area contributed by atoms with E-state index in [1.807, 2.05) is 24.1 Å². The third-order valence-corrected chi connectivity index (χ3v) is 7.72. The van der Waals surface area contributed by atoms with Crippen LogP contribution in [0.4, 0.5) is 0 Å². The number of nitrogens with zero attached hydrogens (tertiary/aromatic N) is 5. The molecule has 3 heterocycles. The molecule has 3 aromatic rings. The number of ketones is 1. The molecule has 2 aliphatic rings. The van der Waals surface area contributed by atoms with E-state index in [-0.39, 0.29) is 24.7 Å². The van der Waals surface area contributed by atoms with Crippen molar-refractivity contribution in [1.82, 2.24) is 24.6 Å². The highest BCUT2D eigenvalue weighted by Gasteiger charge is 2.26. The smallest absolute Gasteiger partial charge is 0.143 e. The number of fused-ring (bicyclic) bond motifs is 1. The lowest BCUT2D eigenvalue weighted by molar-refractivity contribution is -0.123. The van der Waals surface area contributed by atoms with E-state index in [1.165, 1.54) is 25.0 Å². The highest BCUT2D eigenvalue weighted by Crippen LogP contribution is 2.30. The van der Waals surface area contributed by atoms with Gasteiger partial charge in [0.25, 0.3) is 0 Å². The number of Topliss-reactive ketones (excluding diaryl/α,β-unsaturated/α-hetero) is 1. The lowest BCUT2D eigenvalue weighted by atomic mass is 9.80. The predicted octanol–water partition coefficient (Wildman–Crippen LogP) is 3.93. The molecule has 0 amide bonds. The van der Waals surface area contributed by atoms with E-state index in [0.29, 0.717) is 11.7 Å². The van der Waals surface area contributed by atoms with Gasteiger partial charge in [-0.25, -0.2) is 9.97 Å². The number of benzene rings is 1. The monoisotopic (exact) mass is 461 g/mol. The molecule has 2 aromatic heterocycles. The van der Waals surface area contributed by atoms with Crippen LogP contribution < -0.4 is 0 Å². The average Bonchev–Trinajstić information content (AvgIpc) is 3.24. The highest BCUT2D eigenvalue weighted by atomic mass is 16.3. The quantitative estimate of drug-likeness (QED) is 0.574. The van der Waals surface area contributed by atoms with Gasteiger partial charge in [-0.1, -0.05) is 18.6 Å². The van der Waals surface area contributed by atoms with Gasteiger partial charge in [0, 0.05) is 43.3 Å². The Morgan fingerprint density at radius 3 is 2.65 bits per heavy atom. The molecule has 34 heavy (non-hydrogen) atoms. The molecule has 0 unspecified atom stereocenters. The predicted molar refractivity (Wildman–Crippen MR) is 132 cm³/mol. The fourth-order valence-corrected chi connectivity index (χ4v) is 5.50. The maximum atomic E-state index is 12.9. The molecule has 1 N–H and O–H groups in total. The maximum absolute atomic E-state index is 12.9. The Morgan fingerprint density at radius 2 is 1.88 bits per heavy atom. The summed E-state index contributed by atoms with van der Waals surface area (Å²) in [5.41, 5.74) is 4.34. The molecule has 0 radical (unpaired) electrons. The number of piperidine rings is 1. The third-order valence-electron chi connectivity index (χ3n) is 7.72. The van der Waals surface area contributed by atoms with Crippen molar-refractivity contribution in [2.75, 3.05) is 19.7 Å². The standard InChI is InChI=1S/C27H35N5O2/c1-31-25(17-32-11-3-2-4-12-32)23(16-29-31)21-9-10-22-15-28-27(30-24(22)13-21)14-26(34)20-7-5-19(18-33)6-8-20/h9-10,13,15-16,19-20,33H,2-8,11-12,14,17-18H2,1H3. The van der Waals surface area contributed by atoms with Gasteiger partial charge in [0.1, 0.15) is 11.6 Å². The van der Waals surface area contributed by atoms with Gasteiger partial charge in [0.2, 0.25) is 0 Å². The zero-order valence-corrected chi connectivity index (χ0v) is 20.1. The summed E-state index contributed by atoms with van der Waals surface area (Å²) in [4.78, 5) is 24.6. The van der Waals surface area contributed by atoms with E-state index >= 15 is 0 Å². The molecular weight excluding hydrogens is 426 g/mol. The van der Waals surface area contributed by atoms with E-state index in [9.17, 15) is 9.90 Å². The molecule has 1 aliphatic heterocycles. The van der Waals surface area contributed by atoms with Gasteiger partial charge in [-0.2, -0.15) is 5.10 Å². The first-order valence-corrected chi connectivity index (χ1v) is 12.7. The summed E-state index contributed by atoms with van der Waals surface area (Å²) in [7, 11) is 2.02. The molecule has 0 spiro atoms. The van der Waals surface area contributed by atoms with Crippen LogP contribution >= 0.6 is 0 Å². The number of aliphatic hydroxyl groups is 1. The number of likely N-dealkylation sites (tertiary alicyclic amines) is 1. The first-order valence-electron chi connectivity index (χ1n) is 12.7. The Balaban J connectivity index is 1.34. The Morgan fingerprint density at radius 1 is 1.09 bits per heavy atom. The number of rotatable bonds is 7. The van der Waals surface area contributed by atoms with Crippen LogP contribution in [0.1, 0.15) is 56.5 Å². The summed E-state index contributed by atoms with van der Waals surface area (Å²) in [6, 6.07) is 6.28. The molecule has 1 saturated heterocycles. The van der Waals surface area contributed by atoms with Gasteiger partial charge < -0.3 is 5.11 Å². The topological polar surface area (TPSA) is 84.1 Å². The fourth-order valence-electron chi connectivity index (χ4n) is 5.50. The number of aryl methyl sites for hydroxylation is 1. The fraction of sp³-hybridized carbons (Fsp3) is 0.556. The van der Waals surface area contributed by atoms with Gasteiger partial charge in [-0.15, -0.1) is 0 Å². The van der Waals surface area contributed by atoms with Crippen molar-refractivity contribution in [2.45, 2.75) is 57.9 Å². The molecule has 2 fully saturated rings. The first-order chi connectivity index (χ1) is 16.6. The summed E-state index contributed by atoms with van der Waals surface area (Å²) in [5, 5.41) is 14.9. The highest BCUT2D eigenvalue weighted by molar-refractivity contribution is 5.86. The number of carbonyl (C=O) groups is 1. The molecule has 7 nitrogen and oxygen atoms in total. The Bertz CT molecular complexity index is 1140. The number of aromatic nitrogens is 4. The molecule has 1 aromatic carbocycles. The zero-order chi connectivity index (χ0) is 23.5. The second kappa shape index (κ2) is 10.3. The summed E-state index contributed by atoms with van der Waals surface area (Å²) in [6.07, 6.45) is 11.5. The number of hydrogen-bond donors (Lipinski definition) is 1. The van der Waals surface area contributed by atoms with E-state index < -0.39 is 0 Å². The molecule has 5 rings (SSSR count). The van der Waals surface area contributed by atoms with Crippen LogP contribution in [-0.2, 0) is 24.8 Å². The number of carbonyl (C=O) groups excluding carboxylic acids is 1. The van der Waals surface area contributed by atoms with Crippen molar-refractivity contribution >= 4 is 16.7 Å². The molecule has 0 atom stereocenters. The minimum Gasteiger partial charge on any atom is -0.396 e. The van der Waals surface area contributed by atoms with Crippen molar-refractivity contribution in [1.29, 1.82) is 0 Å². The van der Waals surface area contributed by atoms with E-state index in [0.717, 1.165) is 67.3 Å². The van der Waals surface area contributed by atoms with Crippen molar-refractivity contribution in [3.8, 4) is 11.1 Å². The Hall–Kier alpha value is -2.64. The molecule has 1 aliphatic carbocycles. The first kappa shape index (κ1) is 23.1. The van der Waals surface area contributed by atoms with Crippen LogP contribution in [0.15, 0.2) is 30.6 Å². The zero-order valence-electron chi connectivity index (χ0n) is 20.1. The summed E-state index contributed by atoms with van der Waals surface area (Å²) < 4.78 is 1.99. The van der Waals surface area contributed by atoms with Crippen LogP contribution in [0.5, 0.6) is 0 Å². The molecule has 180 valence electrons. The Kier molecular flexibility index (Phi) is 7.02. The summed E-state index contributed by atoms with van der Waals surface area (Å²) >= 11 is 0. The number of hydrogen-bond acceptors (Lipinski definition) is 6. The number of aliphatic hydroxyl groups excluding tert-OH is 1. The molecule has 7 heteroatoms. The van der Waals surface area contributed by atoms with Crippen LogP contribution in [0, 0.1) is 11.8 Å². The lowest BCUT2D eigenvalue weighted by Gasteiger charge is -2.26. The van der Waals surface area contributed by atoms with Crippen molar-refractivity contribution in [3.63, 3.8) is 0 Å². The second-order valence-corrected chi connectivity index (χ2v) is 10.1. The minimum absolute atomic E-state index is 0.0705. The van der Waals surface area contributed by atoms with Crippen molar-refractivity contribution in [2.24, 2.45) is 18.9 Å². The van der Waals surface area contributed by atoms with Crippen molar-refractivity contribution < 1.29 is 9.90 Å². The normalized spacial score (nSPS) is 21.7. The lowest BCUT2D eigenvalue weighted by Crippen LogP contribution is -2.30. The third kappa shape index (κ3) is 5.05. The average molecular weight is 462 g/mol. The van der Waals surface area contributed by atoms with Crippen LogP contribution in [0.2, 0.25) is 0 Å². The van der Waals surface area contributed by atoms with Gasteiger partial charge in [-0.05, 0) is 69.2 Å². The van der Waals surface area contributed by atoms with E-state index in [1.54, 1.807) is 0 Å². The van der Waals surface area contributed by atoms with Gasteiger partial charge in [0.15, 0.2) is 0 Å². The van der Waals surface area contributed by atoms with Gasteiger partial charge >= 0.3 is 0 Å². The largest absolute Gasteiger partial charge is 0.396 e. The Labute approximate surface area is 201 Å². The van der Waals surface area contributed by atoms with Crippen LogP contribution in [-0.4, -0.2) is 55.2 Å². The minimum atomic E-state index is 0.0705. The van der Waals surface area contributed by atoms with Crippen LogP contribution in [0.3, 0.4) is 0 Å². The molecular formula is C27H35N5O2. The SMILES string of the molecule is Cn1ncc(-c2ccc3cnc(CC(=O)C4CCC(CO)CC4)nc3c2)c1CN1CCCCC1. The van der Waals surface area contributed by atoms with E-state index in [2.05, 4.69) is 33.2 Å². The van der Waals surface area contributed by atoms with Gasteiger partial charge in [0.05, 0.1) is 23.8 Å². The maximum Gasteiger partial charge on any atom is 0.143 e. The van der Waals surface area contributed by atoms with Crippen molar-refractivity contribution in [3.05, 3.63) is 42.1 Å². The molecule has 1 saturated carbocycles. The van der Waals surface area contributed by atoms with Gasteiger partial charge in [-0.3, -0.25) is 14.4 Å².